The molecule has 4 nitrogen and oxygen atoms in total. The minimum atomic E-state index is -3.72. The Bertz CT molecular complexity index is 188. The first-order chi connectivity index (χ1) is 4.33. The van der Waals surface area contributed by atoms with Gasteiger partial charge in [-0.25, -0.2) is 4.57 Å². The van der Waals surface area contributed by atoms with Crippen molar-refractivity contribution in [1.82, 2.24) is 0 Å². The van der Waals surface area contributed by atoms with Gasteiger partial charge >= 0.3 is 7.82 Å². The molecule has 0 aliphatic carbocycles. The van der Waals surface area contributed by atoms with Crippen LogP contribution in [-0.2, 0) is 13.6 Å². The fourth-order valence-electron chi connectivity index (χ4n) is 0.720. The van der Waals surface area contributed by atoms with Gasteiger partial charge in [-0.15, -0.1) is 0 Å². The van der Waals surface area contributed by atoms with Crippen molar-refractivity contribution in [1.29, 1.82) is 0 Å². The number of hydrogen-bond acceptors (Lipinski definition) is 3. The van der Waals surface area contributed by atoms with Crippen molar-refractivity contribution < 1.29 is 18.5 Å². The molecule has 10 heavy (non-hydrogen) atoms. The molecule has 0 bridgehead atoms. The van der Waals surface area contributed by atoms with E-state index in [0.717, 1.165) is 0 Å². The Kier molecular flexibility index (Phi) is 1.68. The van der Waals surface area contributed by atoms with Crippen LogP contribution in [0.3, 0.4) is 0 Å². The van der Waals surface area contributed by atoms with Crippen molar-refractivity contribution in [3.05, 3.63) is 0 Å². The van der Waals surface area contributed by atoms with Gasteiger partial charge in [0.1, 0.15) is 5.60 Å². The summed E-state index contributed by atoms with van der Waals surface area (Å²) in [6, 6.07) is 0. The third kappa shape index (κ3) is 1.40. The highest BCUT2D eigenvalue weighted by Gasteiger charge is 2.46. The third-order valence-electron chi connectivity index (χ3n) is 1.62. The normalized spacial score (nSPS) is 45.8. The lowest BCUT2D eigenvalue weighted by Gasteiger charge is -2.17. The average molecular weight is 166 g/mol. The highest BCUT2D eigenvalue weighted by atomic mass is 31.2. The Morgan fingerprint density at radius 3 is 2.20 bits per heavy atom. The molecule has 1 N–H and O–H groups in total. The van der Waals surface area contributed by atoms with Crippen molar-refractivity contribution in [3.8, 4) is 0 Å². The summed E-state index contributed by atoms with van der Waals surface area (Å²) in [6.45, 7) is 5.14. The van der Waals surface area contributed by atoms with Crippen LogP contribution in [-0.4, -0.2) is 16.6 Å². The molecule has 0 spiro atoms. The standard InChI is InChI=1S/C5H11O4P/c1-4-5(2,3)9-10(6,7)8-4/h4H,1-3H3,(H,6,7). The molecule has 2 unspecified atom stereocenters. The zero-order chi connectivity index (χ0) is 7.99. The lowest BCUT2D eigenvalue weighted by Crippen LogP contribution is -2.29. The topological polar surface area (TPSA) is 55.8 Å². The Balaban J connectivity index is 2.81. The predicted octanol–water partition coefficient (Wildman–Crippen LogP) is 1.30. The molecule has 1 aliphatic rings. The summed E-state index contributed by atoms with van der Waals surface area (Å²) in [6.07, 6.45) is -0.330. The molecule has 60 valence electrons. The second kappa shape index (κ2) is 2.05. The van der Waals surface area contributed by atoms with E-state index in [4.69, 9.17) is 9.42 Å². The number of phosphoric acid groups is 1. The molecule has 1 heterocycles. The van der Waals surface area contributed by atoms with E-state index in [1.54, 1.807) is 20.8 Å². The summed E-state index contributed by atoms with van der Waals surface area (Å²) in [5, 5.41) is 0. The summed E-state index contributed by atoms with van der Waals surface area (Å²) in [4.78, 5) is 8.81. The van der Waals surface area contributed by atoms with Crippen LogP contribution in [0.4, 0.5) is 0 Å². The lowest BCUT2D eigenvalue weighted by atomic mass is 10.0. The minimum absolute atomic E-state index is 0.330. The van der Waals surface area contributed by atoms with Crippen molar-refractivity contribution in [2.45, 2.75) is 32.5 Å². The van der Waals surface area contributed by atoms with Crippen LogP contribution in [0.5, 0.6) is 0 Å². The molecule has 0 radical (unpaired) electrons. The first-order valence-corrected chi connectivity index (χ1v) is 4.55. The molecule has 1 fully saturated rings. The van der Waals surface area contributed by atoms with Gasteiger partial charge in [0.05, 0.1) is 6.10 Å². The third-order valence-corrected chi connectivity index (χ3v) is 2.90. The van der Waals surface area contributed by atoms with Crippen LogP contribution in [0.25, 0.3) is 0 Å². The maximum Gasteiger partial charge on any atom is 0.473 e. The van der Waals surface area contributed by atoms with Crippen LogP contribution in [0, 0.1) is 0 Å². The largest absolute Gasteiger partial charge is 0.473 e. The highest BCUT2D eigenvalue weighted by Crippen LogP contribution is 2.56. The molecular formula is C5H11O4P. The van der Waals surface area contributed by atoms with Crippen LogP contribution < -0.4 is 0 Å². The molecular weight excluding hydrogens is 155 g/mol. The quantitative estimate of drug-likeness (QED) is 0.551. The monoisotopic (exact) mass is 166 g/mol. The Morgan fingerprint density at radius 2 is 2.10 bits per heavy atom. The van der Waals surface area contributed by atoms with Gasteiger partial charge in [0.2, 0.25) is 0 Å². The van der Waals surface area contributed by atoms with E-state index in [2.05, 4.69) is 4.52 Å². The second-order valence-corrected chi connectivity index (χ2v) is 4.24. The van der Waals surface area contributed by atoms with E-state index in [-0.39, 0.29) is 6.10 Å². The molecule has 1 aliphatic heterocycles. The first-order valence-electron chi connectivity index (χ1n) is 3.05. The Morgan fingerprint density at radius 1 is 1.60 bits per heavy atom. The molecule has 0 aromatic rings. The van der Waals surface area contributed by atoms with Crippen LogP contribution in [0.15, 0.2) is 0 Å². The van der Waals surface area contributed by atoms with E-state index in [9.17, 15) is 4.57 Å². The average Bonchev–Trinajstić information content (AvgIpc) is 1.73. The SMILES string of the molecule is CC1OP(=O)(O)OC1(C)C. The number of phosphoric ester groups is 1. The van der Waals surface area contributed by atoms with Gasteiger partial charge in [-0.2, -0.15) is 0 Å². The van der Waals surface area contributed by atoms with E-state index in [1.807, 2.05) is 0 Å². The Labute approximate surface area is 59.8 Å². The lowest BCUT2D eigenvalue weighted by molar-refractivity contribution is 0.0828. The van der Waals surface area contributed by atoms with Gasteiger partial charge in [-0.1, -0.05) is 0 Å². The predicted molar refractivity (Wildman–Crippen MR) is 35.5 cm³/mol. The highest BCUT2D eigenvalue weighted by molar-refractivity contribution is 7.47. The van der Waals surface area contributed by atoms with Gasteiger partial charge in [-0.05, 0) is 20.8 Å². The molecule has 0 saturated carbocycles. The van der Waals surface area contributed by atoms with Crippen molar-refractivity contribution in [3.63, 3.8) is 0 Å². The summed E-state index contributed by atoms with van der Waals surface area (Å²) in [7, 11) is -3.72. The fourth-order valence-corrected chi connectivity index (χ4v) is 2.16. The molecule has 0 aromatic heterocycles. The maximum atomic E-state index is 10.8. The molecule has 0 aromatic carbocycles. The maximum absolute atomic E-state index is 10.8. The zero-order valence-electron chi connectivity index (χ0n) is 6.20. The van der Waals surface area contributed by atoms with Crippen molar-refractivity contribution in [2.75, 3.05) is 0 Å². The van der Waals surface area contributed by atoms with Crippen LogP contribution in [0.1, 0.15) is 20.8 Å². The number of rotatable bonds is 0. The van der Waals surface area contributed by atoms with Gasteiger partial charge in [0.15, 0.2) is 0 Å². The van der Waals surface area contributed by atoms with Gasteiger partial charge in [-0.3, -0.25) is 9.05 Å². The van der Waals surface area contributed by atoms with E-state index in [0.29, 0.717) is 0 Å². The smallest absolute Gasteiger partial charge is 0.302 e. The summed E-state index contributed by atoms with van der Waals surface area (Å²) in [5.41, 5.74) is -0.649. The minimum Gasteiger partial charge on any atom is -0.302 e. The molecule has 2 atom stereocenters. The van der Waals surface area contributed by atoms with E-state index in [1.165, 1.54) is 0 Å². The fraction of sp³-hybridized carbons (Fsp3) is 1.00. The van der Waals surface area contributed by atoms with Crippen LogP contribution >= 0.6 is 7.82 Å². The second-order valence-electron chi connectivity index (χ2n) is 2.91. The molecule has 5 heteroatoms. The van der Waals surface area contributed by atoms with E-state index < -0.39 is 13.4 Å². The molecule has 0 amide bonds. The first kappa shape index (κ1) is 8.21. The van der Waals surface area contributed by atoms with Gasteiger partial charge in [0, 0.05) is 0 Å². The summed E-state index contributed by atoms with van der Waals surface area (Å²) >= 11 is 0. The summed E-state index contributed by atoms with van der Waals surface area (Å²) in [5.74, 6) is 0. The van der Waals surface area contributed by atoms with Gasteiger partial charge < -0.3 is 4.89 Å². The summed E-state index contributed by atoms with van der Waals surface area (Å²) < 4.78 is 20.1. The van der Waals surface area contributed by atoms with Crippen molar-refractivity contribution >= 4 is 7.82 Å². The molecule has 1 saturated heterocycles. The van der Waals surface area contributed by atoms with Crippen LogP contribution in [0.2, 0.25) is 0 Å². The zero-order valence-corrected chi connectivity index (χ0v) is 7.09. The van der Waals surface area contributed by atoms with Gasteiger partial charge in [0.25, 0.3) is 0 Å². The number of hydrogen-bond donors (Lipinski definition) is 1. The van der Waals surface area contributed by atoms with E-state index >= 15 is 0 Å². The molecule has 1 rings (SSSR count). The van der Waals surface area contributed by atoms with Crippen molar-refractivity contribution in [2.24, 2.45) is 0 Å². The Hall–Kier alpha value is 0.110.